The smallest absolute Gasteiger partial charge is 0.0738 e. The first-order chi connectivity index (χ1) is 9.96. The molecule has 0 amide bonds. The molecule has 6 heteroatoms. The highest BCUT2D eigenvalue weighted by atomic mass is 79.9. The zero-order chi connectivity index (χ0) is 15.6. The van der Waals surface area contributed by atoms with E-state index < -0.39 is 0 Å². The van der Waals surface area contributed by atoms with Crippen LogP contribution in [-0.2, 0) is 13.0 Å². The number of halogens is 3. The number of likely N-dealkylation sites (N-methyl/N-ethyl adjacent to an activating group) is 1. The van der Waals surface area contributed by atoms with Gasteiger partial charge < -0.3 is 5.32 Å². The van der Waals surface area contributed by atoms with E-state index in [-0.39, 0.29) is 6.04 Å². The maximum absolute atomic E-state index is 6.16. The lowest BCUT2D eigenvalue weighted by molar-refractivity contribution is 0.540. The molecule has 1 aromatic heterocycles. The van der Waals surface area contributed by atoms with Crippen molar-refractivity contribution in [2.45, 2.75) is 32.9 Å². The number of aromatic nitrogens is 2. The van der Waals surface area contributed by atoms with Crippen molar-refractivity contribution in [1.82, 2.24) is 15.1 Å². The zero-order valence-electron chi connectivity index (χ0n) is 12.3. The number of rotatable bonds is 5. The van der Waals surface area contributed by atoms with Gasteiger partial charge in [0.05, 0.1) is 15.9 Å². The summed E-state index contributed by atoms with van der Waals surface area (Å²) >= 11 is 13.3. The van der Waals surface area contributed by atoms with Gasteiger partial charge >= 0.3 is 0 Å². The van der Waals surface area contributed by atoms with E-state index in [9.17, 15) is 0 Å². The number of hydrogen-bond acceptors (Lipinski definition) is 2. The first kappa shape index (κ1) is 17.0. The Hall–Kier alpha value is -0.360. The fourth-order valence-electron chi connectivity index (χ4n) is 2.42. The predicted molar refractivity (Wildman–Crippen MR) is 95.0 cm³/mol. The summed E-state index contributed by atoms with van der Waals surface area (Å²) in [5, 5.41) is 8.65. The molecule has 0 saturated heterocycles. The second-order valence-corrected chi connectivity index (χ2v) is 7.06. The van der Waals surface area contributed by atoms with Gasteiger partial charge in [-0.1, -0.05) is 27.5 Å². The van der Waals surface area contributed by atoms with Gasteiger partial charge in [0.25, 0.3) is 0 Å². The molecule has 1 atom stereocenters. The molecule has 0 fully saturated rings. The molecule has 0 bridgehead atoms. The third kappa shape index (κ3) is 3.89. The number of nitrogens with zero attached hydrogens (tertiary/aromatic N) is 2. The van der Waals surface area contributed by atoms with Crippen molar-refractivity contribution in [3.63, 3.8) is 0 Å². The van der Waals surface area contributed by atoms with E-state index in [1.165, 1.54) is 5.69 Å². The summed E-state index contributed by atoms with van der Waals surface area (Å²) in [6.45, 7) is 4.98. The molecule has 0 spiro atoms. The monoisotopic (exact) mass is 433 g/mol. The Kier molecular flexibility index (Phi) is 5.88. The Morgan fingerprint density at radius 2 is 2.05 bits per heavy atom. The highest BCUT2D eigenvalue weighted by Crippen LogP contribution is 2.29. The topological polar surface area (TPSA) is 29.9 Å². The van der Waals surface area contributed by atoms with Crippen molar-refractivity contribution in [1.29, 1.82) is 0 Å². The normalized spacial score (nSPS) is 12.7. The Morgan fingerprint density at radius 3 is 2.62 bits per heavy atom. The number of hydrogen-bond donors (Lipinski definition) is 1. The summed E-state index contributed by atoms with van der Waals surface area (Å²) in [5.41, 5.74) is 3.38. The van der Waals surface area contributed by atoms with E-state index in [2.05, 4.69) is 55.3 Å². The minimum absolute atomic E-state index is 0.178. The first-order valence-electron chi connectivity index (χ1n) is 6.81. The Labute approximate surface area is 147 Å². The molecule has 0 aliphatic heterocycles. The van der Waals surface area contributed by atoms with Crippen molar-refractivity contribution in [3.05, 3.63) is 49.1 Å². The van der Waals surface area contributed by atoms with Crippen molar-refractivity contribution in [2.24, 2.45) is 0 Å². The highest BCUT2D eigenvalue weighted by Gasteiger charge is 2.18. The van der Waals surface area contributed by atoms with Crippen molar-refractivity contribution in [2.75, 3.05) is 7.05 Å². The summed E-state index contributed by atoms with van der Waals surface area (Å²) < 4.78 is 4.12. The lowest BCUT2D eigenvalue weighted by Crippen LogP contribution is -2.20. The van der Waals surface area contributed by atoms with Gasteiger partial charge in [0.15, 0.2) is 0 Å². The van der Waals surface area contributed by atoms with E-state index >= 15 is 0 Å². The van der Waals surface area contributed by atoms with Gasteiger partial charge in [-0.05, 0) is 60.6 Å². The van der Waals surface area contributed by atoms with E-state index in [0.717, 1.165) is 38.2 Å². The summed E-state index contributed by atoms with van der Waals surface area (Å²) in [6.07, 6.45) is 0.846. The lowest BCUT2D eigenvalue weighted by Gasteiger charge is -2.18. The molecule has 2 aromatic rings. The minimum Gasteiger partial charge on any atom is -0.313 e. The molecule has 2 rings (SSSR count). The fourth-order valence-corrected chi connectivity index (χ4v) is 3.75. The number of nitrogens with one attached hydrogen (secondary N) is 1. The van der Waals surface area contributed by atoms with Gasteiger partial charge in [0.1, 0.15) is 0 Å². The van der Waals surface area contributed by atoms with E-state index in [1.807, 2.05) is 30.8 Å². The van der Waals surface area contributed by atoms with E-state index in [4.69, 9.17) is 11.6 Å². The van der Waals surface area contributed by atoms with E-state index in [1.54, 1.807) is 0 Å². The molecular formula is C15H18Br2ClN3. The SMILES string of the molecule is CCn1nc(C)c(Br)c1CC(NC)c1cc(Cl)cc(Br)c1. The molecule has 0 saturated carbocycles. The second-order valence-electron chi connectivity index (χ2n) is 4.91. The molecule has 3 nitrogen and oxygen atoms in total. The Bertz CT molecular complexity index is 620. The largest absolute Gasteiger partial charge is 0.313 e. The van der Waals surface area contributed by atoms with Crippen LogP contribution in [0, 0.1) is 6.92 Å². The summed E-state index contributed by atoms with van der Waals surface area (Å²) in [7, 11) is 1.97. The van der Waals surface area contributed by atoms with Crippen molar-refractivity contribution >= 4 is 43.5 Å². The van der Waals surface area contributed by atoms with Crippen LogP contribution in [0.15, 0.2) is 27.1 Å². The van der Waals surface area contributed by atoms with Crippen LogP contribution < -0.4 is 5.32 Å². The van der Waals surface area contributed by atoms with Gasteiger partial charge in [-0.15, -0.1) is 0 Å². The van der Waals surface area contributed by atoms with Crippen LogP contribution in [0.5, 0.6) is 0 Å². The van der Waals surface area contributed by atoms with Crippen LogP contribution >= 0.6 is 43.5 Å². The Morgan fingerprint density at radius 1 is 1.33 bits per heavy atom. The third-order valence-corrected chi connectivity index (χ3v) is 5.19. The molecule has 1 unspecified atom stereocenters. The molecule has 1 N–H and O–H groups in total. The third-order valence-electron chi connectivity index (χ3n) is 3.49. The van der Waals surface area contributed by atoms with Crippen LogP contribution in [0.1, 0.15) is 29.9 Å². The van der Waals surface area contributed by atoms with Crippen molar-refractivity contribution < 1.29 is 0 Å². The van der Waals surface area contributed by atoms with Crippen LogP contribution in [0.3, 0.4) is 0 Å². The quantitative estimate of drug-likeness (QED) is 0.725. The van der Waals surface area contributed by atoms with Gasteiger partial charge in [-0.3, -0.25) is 4.68 Å². The molecule has 1 heterocycles. The average Bonchev–Trinajstić information content (AvgIpc) is 2.70. The summed E-state index contributed by atoms with van der Waals surface area (Å²) in [5.74, 6) is 0. The standard InChI is InChI=1S/C15H18Br2ClN3/c1-4-21-14(15(17)9(2)20-21)8-13(19-3)10-5-11(16)7-12(18)6-10/h5-7,13,19H,4,8H2,1-3H3. The lowest BCUT2D eigenvalue weighted by atomic mass is 10.0. The van der Waals surface area contributed by atoms with Gasteiger partial charge in [-0.25, -0.2) is 0 Å². The summed E-state index contributed by atoms with van der Waals surface area (Å²) in [4.78, 5) is 0. The number of aryl methyl sites for hydroxylation is 2. The minimum atomic E-state index is 0.178. The van der Waals surface area contributed by atoms with Crippen LogP contribution in [0.4, 0.5) is 0 Å². The maximum atomic E-state index is 6.16. The molecule has 21 heavy (non-hydrogen) atoms. The molecule has 1 aromatic carbocycles. The first-order valence-corrected chi connectivity index (χ1v) is 8.77. The van der Waals surface area contributed by atoms with Gasteiger partial charge in [0.2, 0.25) is 0 Å². The maximum Gasteiger partial charge on any atom is 0.0738 e. The second kappa shape index (κ2) is 7.27. The Balaban J connectivity index is 2.35. The van der Waals surface area contributed by atoms with E-state index in [0.29, 0.717) is 0 Å². The summed E-state index contributed by atoms with van der Waals surface area (Å²) in [6, 6.07) is 6.17. The van der Waals surface area contributed by atoms with Gasteiger partial charge in [0, 0.05) is 28.5 Å². The molecular weight excluding hydrogens is 417 g/mol. The highest BCUT2D eigenvalue weighted by molar-refractivity contribution is 9.10. The zero-order valence-corrected chi connectivity index (χ0v) is 16.2. The van der Waals surface area contributed by atoms with Crippen molar-refractivity contribution in [3.8, 4) is 0 Å². The number of benzene rings is 1. The molecule has 0 aliphatic carbocycles. The van der Waals surface area contributed by atoms with Crippen LogP contribution in [-0.4, -0.2) is 16.8 Å². The fraction of sp³-hybridized carbons (Fsp3) is 0.400. The molecule has 114 valence electrons. The molecule has 0 aliphatic rings. The van der Waals surface area contributed by atoms with Crippen LogP contribution in [0.2, 0.25) is 5.02 Å². The predicted octanol–water partition coefficient (Wildman–Crippen LogP) is 4.89. The average molecular weight is 436 g/mol. The molecule has 0 radical (unpaired) electrons. The van der Waals surface area contributed by atoms with Gasteiger partial charge in [-0.2, -0.15) is 5.10 Å². The van der Waals surface area contributed by atoms with Crippen LogP contribution in [0.25, 0.3) is 0 Å².